The number of aromatic nitrogens is 1. The van der Waals surface area contributed by atoms with Crippen LogP contribution in [0, 0.1) is 6.92 Å². The first-order valence-corrected chi connectivity index (χ1v) is 7.21. The Bertz CT molecular complexity index is 601. The van der Waals surface area contributed by atoms with Gasteiger partial charge in [0.1, 0.15) is 5.76 Å². The van der Waals surface area contributed by atoms with E-state index in [-0.39, 0.29) is 5.91 Å². The molecule has 1 aromatic heterocycles. The third-order valence-electron chi connectivity index (χ3n) is 3.74. The Morgan fingerprint density at radius 2 is 1.90 bits per heavy atom. The Morgan fingerprint density at radius 3 is 2.52 bits per heavy atom. The molecule has 2 aromatic rings. The molecular weight excluding hydrogens is 266 g/mol. The normalized spacial score (nSPS) is 16.1. The third-order valence-corrected chi connectivity index (χ3v) is 3.74. The molecule has 1 aliphatic rings. The number of benzene rings is 1. The van der Waals surface area contributed by atoms with E-state index in [2.05, 4.69) is 10.1 Å². The zero-order valence-electron chi connectivity index (χ0n) is 12.2. The molecule has 1 fully saturated rings. The number of aryl methyl sites for hydroxylation is 1. The molecule has 0 bridgehead atoms. The number of amides is 1. The number of carbonyl (C=O) groups is 1. The van der Waals surface area contributed by atoms with E-state index < -0.39 is 0 Å². The highest BCUT2D eigenvalue weighted by molar-refractivity contribution is 5.94. The first kappa shape index (κ1) is 13.8. The zero-order valence-corrected chi connectivity index (χ0v) is 12.2. The van der Waals surface area contributed by atoms with Gasteiger partial charge >= 0.3 is 0 Å². The second-order valence-electron chi connectivity index (χ2n) is 5.36. The lowest BCUT2D eigenvalue weighted by atomic mass is 10.2. The molecule has 1 aliphatic heterocycles. The van der Waals surface area contributed by atoms with E-state index in [1.807, 2.05) is 48.2 Å². The van der Waals surface area contributed by atoms with E-state index in [9.17, 15) is 4.79 Å². The summed E-state index contributed by atoms with van der Waals surface area (Å²) in [4.78, 5) is 16.6. The number of hydrogen-bond acceptors (Lipinski definition) is 4. The average molecular weight is 285 g/mol. The Kier molecular flexibility index (Phi) is 4.01. The van der Waals surface area contributed by atoms with Crippen LogP contribution in [0.25, 0.3) is 0 Å². The molecule has 1 amide bonds. The highest BCUT2D eigenvalue weighted by atomic mass is 16.5. The van der Waals surface area contributed by atoms with Crippen LogP contribution < -0.4 is 0 Å². The maximum absolute atomic E-state index is 12.3. The Hall–Kier alpha value is -2.14. The molecule has 2 heterocycles. The van der Waals surface area contributed by atoms with Crippen molar-refractivity contribution >= 4 is 5.91 Å². The number of rotatable bonds is 3. The fraction of sp³-hybridized carbons (Fsp3) is 0.375. The molecule has 110 valence electrons. The molecule has 21 heavy (non-hydrogen) atoms. The molecule has 1 saturated heterocycles. The number of hydrogen-bond donors (Lipinski definition) is 0. The third kappa shape index (κ3) is 3.31. The molecule has 0 N–H and O–H groups in total. The summed E-state index contributed by atoms with van der Waals surface area (Å²) in [6.07, 6.45) is 0. The van der Waals surface area contributed by atoms with E-state index in [1.165, 1.54) is 0 Å². The fourth-order valence-corrected chi connectivity index (χ4v) is 2.59. The summed E-state index contributed by atoms with van der Waals surface area (Å²) in [7, 11) is 0. The summed E-state index contributed by atoms with van der Waals surface area (Å²) in [5, 5.41) is 4.01. The minimum absolute atomic E-state index is 0.118. The van der Waals surface area contributed by atoms with Crippen LogP contribution in [0.4, 0.5) is 0 Å². The van der Waals surface area contributed by atoms with Crippen molar-refractivity contribution in [2.45, 2.75) is 13.5 Å². The van der Waals surface area contributed by atoms with Crippen LogP contribution in [0.1, 0.15) is 21.8 Å². The summed E-state index contributed by atoms with van der Waals surface area (Å²) in [6.45, 7) is 5.92. The lowest BCUT2D eigenvalue weighted by molar-refractivity contribution is 0.0625. The van der Waals surface area contributed by atoms with Gasteiger partial charge in [-0.1, -0.05) is 23.4 Å². The van der Waals surface area contributed by atoms with Crippen molar-refractivity contribution in [3.05, 3.63) is 53.4 Å². The van der Waals surface area contributed by atoms with Gasteiger partial charge in [-0.15, -0.1) is 0 Å². The second kappa shape index (κ2) is 6.10. The Labute approximate surface area is 124 Å². The molecule has 0 atom stereocenters. The highest BCUT2D eigenvalue weighted by Gasteiger charge is 2.22. The van der Waals surface area contributed by atoms with Gasteiger partial charge in [-0.05, 0) is 19.1 Å². The van der Waals surface area contributed by atoms with Crippen LogP contribution in [-0.4, -0.2) is 47.0 Å². The van der Waals surface area contributed by atoms with Crippen molar-refractivity contribution in [2.75, 3.05) is 26.2 Å². The molecule has 0 unspecified atom stereocenters. The van der Waals surface area contributed by atoms with Gasteiger partial charge in [0.15, 0.2) is 0 Å². The summed E-state index contributed by atoms with van der Waals surface area (Å²) in [5.41, 5.74) is 1.72. The van der Waals surface area contributed by atoms with Crippen molar-refractivity contribution in [3.63, 3.8) is 0 Å². The molecule has 0 spiro atoms. The monoisotopic (exact) mass is 285 g/mol. The number of carbonyl (C=O) groups excluding carboxylic acids is 1. The SMILES string of the molecule is Cc1cc(CN2CCN(C(=O)c3ccccc3)CC2)no1. The van der Waals surface area contributed by atoms with Gasteiger partial charge in [0.2, 0.25) is 0 Å². The van der Waals surface area contributed by atoms with Crippen molar-refractivity contribution in [2.24, 2.45) is 0 Å². The number of nitrogens with zero attached hydrogens (tertiary/aromatic N) is 3. The predicted molar refractivity (Wildman–Crippen MR) is 78.9 cm³/mol. The summed E-state index contributed by atoms with van der Waals surface area (Å²) < 4.78 is 5.08. The minimum Gasteiger partial charge on any atom is -0.361 e. The maximum atomic E-state index is 12.3. The standard InChI is InChI=1S/C16H19N3O2/c1-13-11-15(17-21-13)12-18-7-9-19(10-8-18)16(20)14-5-3-2-4-6-14/h2-6,11H,7-10,12H2,1H3. The van der Waals surface area contributed by atoms with Gasteiger partial charge in [-0.2, -0.15) is 0 Å². The molecule has 3 rings (SSSR count). The molecule has 1 aromatic carbocycles. The quantitative estimate of drug-likeness (QED) is 0.865. The van der Waals surface area contributed by atoms with E-state index >= 15 is 0 Å². The maximum Gasteiger partial charge on any atom is 0.253 e. The van der Waals surface area contributed by atoms with E-state index in [0.717, 1.165) is 49.7 Å². The van der Waals surface area contributed by atoms with E-state index in [4.69, 9.17) is 4.52 Å². The molecular formula is C16H19N3O2. The average Bonchev–Trinajstić information content (AvgIpc) is 2.93. The summed E-state index contributed by atoms with van der Waals surface area (Å²) >= 11 is 0. The molecule has 0 aliphatic carbocycles. The predicted octanol–water partition coefficient (Wildman–Crippen LogP) is 1.94. The van der Waals surface area contributed by atoms with Crippen LogP contribution >= 0.6 is 0 Å². The van der Waals surface area contributed by atoms with Gasteiger partial charge in [0.25, 0.3) is 5.91 Å². The highest BCUT2D eigenvalue weighted by Crippen LogP contribution is 2.11. The Balaban J connectivity index is 1.54. The van der Waals surface area contributed by atoms with Crippen LogP contribution in [-0.2, 0) is 6.54 Å². The van der Waals surface area contributed by atoms with Crippen LogP contribution in [0.5, 0.6) is 0 Å². The van der Waals surface area contributed by atoms with Crippen LogP contribution in [0.2, 0.25) is 0 Å². The first-order chi connectivity index (χ1) is 10.2. The summed E-state index contributed by atoms with van der Waals surface area (Å²) in [6, 6.07) is 11.4. The molecule has 5 nitrogen and oxygen atoms in total. The van der Waals surface area contributed by atoms with E-state index in [1.54, 1.807) is 0 Å². The zero-order chi connectivity index (χ0) is 14.7. The topological polar surface area (TPSA) is 49.6 Å². The van der Waals surface area contributed by atoms with Gasteiger partial charge in [0.05, 0.1) is 5.69 Å². The van der Waals surface area contributed by atoms with Crippen LogP contribution in [0.3, 0.4) is 0 Å². The van der Waals surface area contributed by atoms with E-state index in [0.29, 0.717) is 0 Å². The lowest BCUT2D eigenvalue weighted by Gasteiger charge is -2.34. The van der Waals surface area contributed by atoms with Gasteiger partial charge < -0.3 is 9.42 Å². The smallest absolute Gasteiger partial charge is 0.253 e. The fourth-order valence-electron chi connectivity index (χ4n) is 2.59. The first-order valence-electron chi connectivity index (χ1n) is 7.21. The second-order valence-corrected chi connectivity index (χ2v) is 5.36. The minimum atomic E-state index is 0.118. The van der Waals surface area contributed by atoms with Crippen molar-refractivity contribution in [3.8, 4) is 0 Å². The summed E-state index contributed by atoms with van der Waals surface area (Å²) in [5.74, 6) is 0.954. The number of piperazine rings is 1. The lowest BCUT2D eigenvalue weighted by Crippen LogP contribution is -2.48. The van der Waals surface area contributed by atoms with Crippen LogP contribution in [0.15, 0.2) is 40.9 Å². The largest absolute Gasteiger partial charge is 0.361 e. The molecule has 0 saturated carbocycles. The van der Waals surface area contributed by atoms with Crippen molar-refractivity contribution in [1.82, 2.24) is 15.0 Å². The van der Waals surface area contributed by atoms with Gasteiger partial charge in [0, 0.05) is 44.4 Å². The molecule has 0 radical (unpaired) electrons. The van der Waals surface area contributed by atoms with Crippen molar-refractivity contribution in [1.29, 1.82) is 0 Å². The van der Waals surface area contributed by atoms with Crippen molar-refractivity contribution < 1.29 is 9.32 Å². The molecule has 5 heteroatoms. The van der Waals surface area contributed by atoms with Gasteiger partial charge in [-0.3, -0.25) is 9.69 Å². The Morgan fingerprint density at radius 1 is 1.19 bits per heavy atom. The van der Waals surface area contributed by atoms with Gasteiger partial charge in [-0.25, -0.2) is 0 Å².